The van der Waals surface area contributed by atoms with Gasteiger partial charge in [-0.05, 0) is 18.1 Å². The van der Waals surface area contributed by atoms with Crippen molar-refractivity contribution in [3.05, 3.63) is 48.2 Å². The Morgan fingerprint density at radius 1 is 1.14 bits per heavy atom. The van der Waals surface area contributed by atoms with Crippen molar-refractivity contribution in [1.82, 2.24) is 0 Å². The van der Waals surface area contributed by atoms with Gasteiger partial charge in [0.05, 0.1) is 13.4 Å². The molecule has 1 aromatic carbocycles. The summed E-state index contributed by atoms with van der Waals surface area (Å²) in [5.41, 5.74) is 1.31. The lowest BCUT2D eigenvalue weighted by molar-refractivity contribution is 0.337. The smallest absolute Gasteiger partial charge is 0.0788 e. The molecule has 0 aliphatic rings. The highest BCUT2D eigenvalue weighted by Gasteiger charge is 1.84. The minimum Gasteiger partial charge on any atom is -0.505 e. The fraction of sp³-hybridized carbons (Fsp3) is 0.385. The summed E-state index contributed by atoms with van der Waals surface area (Å²) in [6.07, 6.45) is 5.89. The van der Waals surface area contributed by atoms with Gasteiger partial charge in [0.15, 0.2) is 0 Å². The van der Waals surface area contributed by atoms with Gasteiger partial charge in [-0.25, -0.2) is 0 Å². The second-order valence-corrected chi connectivity index (χ2v) is 3.00. The molecule has 0 fully saturated rings. The zero-order chi connectivity index (χ0) is 10.6. The van der Waals surface area contributed by atoms with Crippen molar-refractivity contribution in [2.45, 2.75) is 26.7 Å². The summed E-state index contributed by atoms with van der Waals surface area (Å²) in [7, 11) is 1.65. The van der Waals surface area contributed by atoms with Crippen LogP contribution in [-0.4, -0.2) is 7.11 Å². The third-order valence-corrected chi connectivity index (χ3v) is 1.43. The second kappa shape index (κ2) is 9.85. The number of methoxy groups -OCH3 is 1. The first kappa shape index (κ1) is 12.8. The molecule has 14 heavy (non-hydrogen) atoms. The Balaban J connectivity index is 0.000000500. The number of allylic oxidation sites excluding steroid dienone is 1. The van der Waals surface area contributed by atoms with E-state index >= 15 is 0 Å². The molecule has 1 aromatic rings. The highest BCUT2D eigenvalue weighted by molar-refractivity contribution is 5.16. The number of benzene rings is 1. The molecule has 0 aliphatic carbocycles. The Bertz CT molecular complexity index is 226. The van der Waals surface area contributed by atoms with E-state index in [0.717, 1.165) is 6.42 Å². The fourth-order valence-corrected chi connectivity index (χ4v) is 0.895. The van der Waals surface area contributed by atoms with Gasteiger partial charge in [-0.2, -0.15) is 0 Å². The molecule has 78 valence electrons. The SMILES string of the molecule is CCC.COC=CCc1ccccc1. The zero-order valence-corrected chi connectivity index (χ0v) is 9.36. The average molecular weight is 192 g/mol. The lowest BCUT2D eigenvalue weighted by Crippen LogP contribution is -1.78. The summed E-state index contributed by atoms with van der Waals surface area (Å²) in [5.74, 6) is 0. The standard InChI is InChI=1S/C10H12O.C3H8/c1-11-9-5-8-10-6-3-2-4-7-10;1-3-2/h2-7,9H,8H2,1H3;3H2,1-2H3. The largest absolute Gasteiger partial charge is 0.505 e. The first-order chi connectivity index (χ1) is 6.85. The molecule has 0 saturated heterocycles. The van der Waals surface area contributed by atoms with Crippen LogP contribution < -0.4 is 0 Å². The van der Waals surface area contributed by atoms with E-state index in [0.29, 0.717) is 0 Å². The van der Waals surface area contributed by atoms with Gasteiger partial charge in [-0.15, -0.1) is 0 Å². The Kier molecular flexibility index (Phi) is 8.97. The number of ether oxygens (including phenoxy) is 1. The topological polar surface area (TPSA) is 9.23 Å². The van der Waals surface area contributed by atoms with Crippen molar-refractivity contribution in [3.63, 3.8) is 0 Å². The van der Waals surface area contributed by atoms with Crippen molar-refractivity contribution in [1.29, 1.82) is 0 Å². The van der Waals surface area contributed by atoms with E-state index in [1.54, 1.807) is 13.4 Å². The third-order valence-electron chi connectivity index (χ3n) is 1.43. The van der Waals surface area contributed by atoms with Gasteiger partial charge in [0.2, 0.25) is 0 Å². The Hall–Kier alpha value is -1.24. The molecule has 0 saturated carbocycles. The molecule has 1 rings (SSSR count). The van der Waals surface area contributed by atoms with Gasteiger partial charge < -0.3 is 4.74 Å². The summed E-state index contributed by atoms with van der Waals surface area (Å²) < 4.78 is 4.78. The molecule has 1 nitrogen and oxygen atoms in total. The molecule has 1 heteroatoms. The van der Waals surface area contributed by atoms with Gasteiger partial charge in [0, 0.05) is 0 Å². The second-order valence-electron chi connectivity index (χ2n) is 3.00. The van der Waals surface area contributed by atoms with E-state index in [9.17, 15) is 0 Å². The normalized spacial score (nSPS) is 9.36. The van der Waals surface area contributed by atoms with Crippen molar-refractivity contribution < 1.29 is 4.74 Å². The van der Waals surface area contributed by atoms with Crippen LogP contribution in [0.4, 0.5) is 0 Å². The number of hydrogen-bond donors (Lipinski definition) is 0. The van der Waals surface area contributed by atoms with Crippen LogP contribution in [0.3, 0.4) is 0 Å². The summed E-state index contributed by atoms with van der Waals surface area (Å²) >= 11 is 0. The molecular formula is C13H20O. The lowest BCUT2D eigenvalue weighted by Gasteiger charge is -1.93. The molecule has 0 aromatic heterocycles. The molecular weight excluding hydrogens is 172 g/mol. The van der Waals surface area contributed by atoms with Crippen LogP contribution in [0.1, 0.15) is 25.8 Å². The predicted molar refractivity (Wildman–Crippen MR) is 62.3 cm³/mol. The van der Waals surface area contributed by atoms with Crippen LogP contribution in [0.5, 0.6) is 0 Å². The van der Waals surface area contributed by atoms with Gasteiger partial charge in [-0.1, -0.05) is 50.6 Å². The Labute approximate surface area is 87.4 Å². The van der Waals surface area contributed by atoms with E-state index in [1.807, 2.05) is 24.3 Å². The van der Waals surface area contributed by atoms with E-state index in [4.69, 9.17) is 4.74 Å². The van der Waals surface area contributed by atoms with Crippen molar-refractivity contribution in [3.8, 4) is 0 Å². The summed E-state index contributed by atoms with van der Waals surface area (Å²) in [6.45, 7) is 4.25. The van der Waals surface area contributed by atoms with E-state index in [-0.39, 0.29) is 0 Å². The summed E-state index contributed by atoms with van der Waals surface area (Å²) in [5, 5.41) is 0. The van der Waals surface area contributed by atoms with Crippen molar-refractivity contribution >= 4 is 0 Å². The Morgan fingerprint density at radius 3 is 2.21 bits per heavy atom. The maximum atomic E-state index is 4.78. The quantitative estimate of drug-likeness (QED) is 0.662. The maximum absolute atomic E-state index is 4.78. The minimum atomic E-state index is 0.939. The van der Waals surface area contributed by atoms with E-state index in [1.165, 1.54) is 12.0 Å². The van der Waals surface area contributed by atoms with Gasteiger partial charge >= 0.3 is 0 Å². The molecule has 0 amide bonds. The molecule has 0 heterocycles. The number of hydrogen-bond acceptors (Lipinski definition) is 1. The van der Waals surface area contributed by atoms with Crippen LogP contribution in [0.15, 0.2) is 42.7 Å². The van der Waals surface area contributed by atoms with Crippen LogP contribution in [0, 0.1) is 0 Å². The summed E-state index contributed by atoms with van der Waals surface area (Å²) in [4.78, 5) is 0. The van der Waals surface area contributed by atoms with Gasteiger partial charge in [-0.3, -0.25) is 0 Å². The summed E-state index contributed by atoms with van der Waals surface area (Å²) in [6, 6.07) is 10.3. The molecule has 0 unspecified atom stereocenters. The zero-order valence-electron chi connectivity index (χ0n) is 9.36. The van der Waals surface area contributed by atoms with E-state index < -0.39 is 0 Å². The Morgan fingerprint density at radius 2 is 1.71 bits per heavy atom. The lowest BCUT2D eigenvalue weighted by atomic mass is 10.2. The van der Waals surface area contributed by atoms with Crippen molar-refractivity contribution in [2.24, 2.45) is 0 Å². The molecule has 0 spiro atoms. The van der Waals surface area contributed by atoms with Crippen molar-refractivity contribution in [2.75, 3.05) is 7.11 Å². The predicted octanol–water partition coefficient (Wildman–Crippen LogP) is 3.81. The monoisotopic (exact) mass is 192 g/mol. The fourth-order valence-electron chi connectivity index (χ4n) is 0.895. The van der Waals surface area contributed by atoms with Crippen LogP contribution in [0.25, 0.3) is 0 Å². The highest BCUT2D eigenvalue weighted by Crippen LogP contribution is 1.99. The molecule has 0 aliphatic heterocycles. The molecule has 0 atom stereocenters. The molecule has 0 bridgehead atoms. The van der Waals surface area contributed by atoms with Gasteiger partial charge in [0.1, 0.15) is 0 Å². The van der Waals surface area contributed by atoms with Crippen LogP contribution in [-0.2, 0) is 11.2 Å². The third kappa shape index (κ3) is 7.41. The maximum Gasteiger partial charge on any atom is 0.0788 e. The number of rotatable bonds is 3. The average Bonchev–Trinajstić information content (AvgIpc) is 2.21. The highest BCUT2D eigenvalue weighted by atomic mass is 16.5. The van der Waals surface area contributed by atoms with Gasteiger partial charge in [0.25, 0.3) is 0 Å². The minimum absolute atomic E-state index is 0.939. The van der Waals surface area contributed by atoms with E-state index in [2.05, 4.69) is 26.0 Å². The molecule has 0 N–H and O–H groups in total. The van der Waals surface area contributed by atoms with Crippen LogP contribution >= 0.6 is 0 Å². The molecule has 0 radical (unpaired) electrons. The first-order valence-electron chi connectivity index (χ1n) is 5.06. The van der Waals surface area contributed by atoms with Crippen LogP contribution in [0.2, 0.25) is 0 Å². The first-order valence-corrected chi connectivity index (χ1v) is 5.06.